The van der Waals surface area contributed by atoms with Gasteiger partial charge in [-0.1, -0.05) is 335 Å². The van der Waals surface area contributed by atoms with Crippen LogP contribution in [0.5, 0.6) is 0 Å². The zero-order valence-corrected chi connectivity index (χ0v) is 63.9. The van der Waals surface area contributed by atoms with E-state index in [0.29, 0.717) is 25.7 Å². The van der Waals surface area contributed by atoms with Gasteiger partial charge in [0.05, 0.1) is 26.4 Å². The minimum Gasteiger partial charge on any atom is -0.462 e. The molecule has 19 heteroatoms. The normalized spacial score (nSPS) is 13.9. The largest absolute Gasteiger partial charge is 0.472 e. The molecule has 0 aliphatic heterocycles. The van der Waals surface area contributed by atoms with Gasteiger partial charge in [0.15, 0.2) is 12.2 Å². The molecule has 0 heterocycles. The van der Waals surface area contributed by atoms with Gasteiger partial charge < -0.3 is 33.8 Å². The summed E-state index contributed by atoms with van der Waals surface area (Å²) in [5, 5.41) is 10.6. The SMILES string of the molecule is CCCCCC/C=C\CCCCCCCC(=O)OCC(COP(=O)(O)OCC(O)COP(=O)(O)OCC(COC(=O)CCCCCCCCCCCCCCCCC)OC(=O)CCCCCCCCCCCCCCCCC)OC(=O)CCCCCCCCCCCCCCC. The zero-order chi connectivity index (χ0) is 70.4. The highest BCUT2D eigenvalue weighted by molar-refractivity contribution is 7.47. The summed E-state index contributed by atoms with van der Waals surface area (Å²) < 4.78 is 68.6. The molecule has 0 spiro atoms. The van der Waals surface area contributed by atoms with E-state index in [9.17, 15) is 43.2 Å². The maximum atomic E-state index is 13.1. The summed E-state index contributed by atoms with van der Waals surface area (Å²) in [4.78, 5) is 72.9. The van der Waals surface area contributed by atoms with Gasteiger partial charge in [0.2, 0.25) is 0 Å². The second-order valence-corrected chi connectivity index (χ2v) is 30.3. The van der Waals surface area contributed by atoms with Crippen LogP contribution in [0.3, 0.4) is 0 Å². The third-order valence-electron chi connectivity index (χ3n) is 17.8. The van der Waals surface area contributed by atoms with E-state index in [2.05, 4.69) is 39.8 Å². The average molecular weight is 1410 g/mol. The molecule has 0 aromatic heterocycles. The van der Waals surface area contributed by atoms with Crippen molar-refractivity contribution in [1.82, 2.24) is 0 Å². The van der Waals surface area contributed by atoms with Crippen LogP contribution in [0.1, 0.15) is 400 Å². The van der Waals surface area contributed by atoms with E-state index in [1.807, 2.05) is 0 Å². The second-order valence-electron chi connectivity index (χ2n) is 27.4. The van der Waals surface area contributed by atoms with Gasteiger partial charge in [-0.25, -0.2) is 9.13 Å². The predicted octanol–water partition coefficient (Wildman–Crippen LogP) is 22.8. The fourth-order valence-corrected chi connectivity index (χ4v) is 13.2. The molecule has 0 bridgehead atoms. The molecular weight excluding hydrogens is 1260 g/mol. The number of ether oxygens (including phenoxy) is 4. The van der Waals surface area contributed by atoms with E-state index in [0.717, 1.165) is 109 Å². The second kappa shape index (κ2) is 71.2. The average Bonchev–Trinajstić information content (AvgIpc) is 1.17. The van der Waals surface area contributed by atoms with Crippen molar-refractivity contribution in [3.8, 4) is 0 Å². The molecule has 0 saturated carbocycles. The van der Waals surface area contributed by atoms with E-state index in [-0.39, 0.29) is 25.7 Å². The summed E-state index contributed by atoms with van der Waals surface area (Å²) in [7, 11) is -9.92. The Balaban J connectivity index is 5.27. The number of hydrogen-bond donors (Lipinski definition) is 3. The third kappa shape index (κ3) is 70.2. The number of esters is 4. The van der Waals surface area contributed by atoms with Crippen LogP contribution in [0, 0.1) is 0 Å². The number of allylic oxidation sites excluding steroid dienone is 2. The highest BCUT2D eigenvalue weighted by atomic mass is 31.2. The van der Waals surface area contributed by atoms with Crippen molar-refractivity contribution in [3.63, 3.8) is 0 Å². The number of aliphatic hydroxyl groups is 1. The smallest absolute Gasteiger partial charge is 0.462 e. The van der Waals surface area contributed by atoms with Crippen LogP contribution in [-0.2, 0) is 65.4 Å². The van der Waals surface area contributed by atoms with Crippen molar-refractivity contribution in [2.75, 3.05) is 39.6 Å². The van der Waals surface area contributed by atoms with E-state index in [1.54, 1.807) is 0 Å². The van der Waals surface area contributed by atoms with Gasteiger partial charge >= 0.3 is 39.5 Å². The highest BCUT2D eigenvalue weighted by Gasteiger charge is 2.30. The number of phosphoric ester groups is 2. The highest BCUT2D eigenvalue weighted by Crippen LogP contribution is 2.45. The number of carbonyl (C=O) groups is 4. The summed E-state index contributed by atoms with van der Waals surface area (Å²) in [6, 6.07) is 0. The minimum absolute atomic E-state index is 0.104. The number of aliphatic hydroxyl groups excluding tert-OH is 1. The topological polar surface area (TPSA) is 237 Å². The van der Waals surface area contributed by atoms with E-state index < -0.39 is 97.5 Å². The fourth-order valence-electron chi connectivity index (χ4n) is 11.6. The Labute approximate surface area is 587 Å². The van der Waals surface area contributed by atoms with Gasteiger partial charge in [-0.2, -0.15) is 0 Å². The molecule has 0 fully saturated rings. The van der Waals surface area contributed by atoms with Crippen molar-refractivity contribution in [3.05, 3.63) is 12.2 Å². The molecular formula is C77H148O17P2. The Bertz CT molecular complexity index is 1870. The molecule has 17 nitrogen and oxygen atoms in total. The first kappa shape index (κ1) is 93.8. The first-order valence-corrected chi connectivity index (χ1v) is 42.9. The van der Waals surface area contributed by atoms with Gasteiger partial charge in [-0.3, -0.25) is 37.3 Å². The molecule has 568 valence electrons. The molecule has 0 aromatic rings. The van der Waals surface area contributed by atoms with Crippen molar-refractivity contribution in [2.45, 2.75) is 418 Å². The maximum absolute atomic E-state index is 13.1. The Morgan fingerprint density at radius 1 is 0.281 bits per heavy atom. The van der Waals surface area contributed by atoms with E-state index >= 15 is 0 Å². The summed E-state index contributed by atoms with van der Waals surface area (Å²) in [6.45, 7) is 4.97. The van der Waals surface area contributed by atoms with Crippen LogP contribution in [0.15, 0.2) is 12.2 Å². The number of hydrogen-bond acceptors (Lipinski definition) is 15. The molecule has 0 saturated heterocycles. The lowest BCUT2D eigenvalue weighted by Gasteiger charge is -2.21. The van der Waals surface area contributed by atoms with Crippen LogP contribution in [0.25, 0.3) is 0 Å². The summed E-state index contributed by atoms with van der Waals surface area (Å²) in [6.07, 6.45) is 63.3. The molecule has 0 aliphatic rings. The molecule has 0 radical (unpaired) electrons. The number of carbonyl (C=O) groups excluding carboxylic acids is 4. The summed E-state index contributed by atoms with van der Waals surface area (Å²) in [5.74, 6) is -2.12. The Morgan fingerprint density at radius 2 is 0.479 bits per heavy atom. The van der Waals surface area contributed by atoms with Gasteiger partial charge in [-0.05, 0) is 51.4 Å². The standard InChI is InChI=1S/C77H148O17P2/c1-5-9-13-17-21-25-29-33-35-39-42-46-50-54-58-62-75(80)88-68-73(94-77(82)64-60-56-52-48-44-40-36-34-30-26-22-18-14-10-6-2)70-92-96(85,86)90-66-71(78)65-89-95(83,84)91-69-72(93-76(81)63-59-55-51-47-43-38-32-28-24-20-16-12-8-4)67-87-74(79)61-57-53-49-45-41-37-31-27-23-19-15-11-7-3/h27,31,71-73,78H,5-26,28-30,32-70H2,1-4H3,(H,83,84)(H,85,86)/b31-27-. The van der Waals surface area contributed by atoms with Crippen LogP contribution in [-0.4, -0.2) is 96.7 Å². The van der Waals surface area contributed by atoms with Crippen LogP contribution in [0.2, 0.25) is 0 Å². The molecule has 0 aliphatic carbocycles. The Kier molecular flexibility index (Phi) is 69.6. The summed E-state index contributed by atoms with van der Waals surface area (Å²) >= 11 is 0. The van der Waals surface area contributed by atoms with Gasteiger partial charge in [0, 0.05) is 25.7 Å². The molecule has 0 amide bonds. The fraction of sp³-hybridized carbons (Fsp3) is 0.922. The minimum atomic E-state index is -4.96. The lowest BCUT2D eigenvalue weighted by atomic mass is 10.0. The Morgan fingerprint density at radius 3 is 0.729 bits per heavy atom. The van der Waals surface area contributed by atoms with Crippen LogP contribution in [0.4, 0.5) is 0 Å². The monoisotopic (exact) mass is 1410 g/mol. The predicted molar refractivity (Wildman–Crippen MR) is 391 cm³/mol. The molecule has 0 rings (SSSR count). The van der Waals surface area contributed by atoms with Gasteiger partial charge in [-0.15, -0.1) is 0 Å². The molecule has 5 atom stereocenters. The quantitative estimate of drug-likeness (QED) is 0.0169. The lowest BCUT2D eigenvalue weighted by molar-refractivity contribution is -0.161. The first-order chi connectivity index (χ1) is 46.7. The number of unbranched alkanes of at least 4 members (excludes halogenated alkanes) is 49. The van der Waals surface area contributed by atoms with Crippen LogP contribution < -0.4 is 0 Å². The van der Waals surface area contributed by atoms with Crippen molar-refractivity contribution >= 4 is 39.5 Å². The first-order valence-electron chi connectivity index (χ1n) is 39.9. The maximum Gasteiger partial charge on any atom is 0.472 e. The number of phosphoric acid groups is 2. The van der Waals surface area contributed by atoms with E-state index in [1.165, 1.54) is 212 Å². The van der Waals surface area contributed by atoms with Gasteiger partial charge in [0.1, 0.15) is 19.3 Å². The molecule has 5 unspecified atom stereocenters. The Hall–Kier alpha value is -2.20. The zero-order valence-electron chi connectivity index (χ0n) is 62.1. The van der Waals surface area contributed by atoms with E-state index in [4.69, 9.17) is 37.0 Å². The van der Waals surface area contributed by atoms with Crippen molar-refractivity contribution < 1.29 is 80.2 Å². The number of rotatable bonds is 77. The molecule has 3 N–H and O–H groups in total. The lowest BCUT2D eigenvalue weighted by Crippen LogP contribution is -2.30. The third-order valence-corrected chi connectivity index (χ3v) is 19.7. The molecule has 0 aromatic carbocycles. The molecule has 96 heavy (non-hydrogen) atoms. The van der Waals surface area contributed by atoms with Gasteiger partial charge in [0.25, 0.3) is 0 Å². The summed E-state index contributed by atoms with van der Waals surface area (Å²) in [5.41, 5.74) is 0. The van der Waals surface area contributed by atoms with Crippen molar-refractivity contribution in [1.29, 1.82) is 0 Å². The van der Waals surface area contributed by atoms with Crippen LogP contribution >= 0.6 is 15.6 Å². The van der Waals surface area contributed by atoms with Crippen molar-refractivity contribution in [2.24, 2.45) is 0 Å².